The molecule has 1 atom stereocenters. The molecule has 2 rings (SSSR count). The average molecular weight is 422 g/mol. The minimum Gasteiger partial charge on any atom is -0.496 e. The van der Waals surface area contributed by atoms with Crippen molar-refractivity contribution in [2.45, 2.75) is 39.6 Å². The number of hydrogen-bond donors (Lipinski definition) is 0. The second kappa shape index (κ2) is 8.68. The van der Waals surface area contributed by atoms with Crippen molar-refractivity contribution >= 4 is 17.6 Å². The summed E-state index contributed by atoms with van der Waals surface area (Å²) in [6.45, 7) is 4.82. The molecule has 2 heterocycles. The summed E-state index contributed by atoms with van der Waals surface area (Å²) in [4.78, 5) is 16.0. The minimum atomic E-state index is -4.54. The third-order valence-corrected chi connectivity index (χ3v) is 4.10. The van der Waals surface area contributed by atoms with Crippen molar-refractivity contribution in [1.29, 1.82) is 0 Å². The fourth-order valence-electron chi connectivity index (χ4n) is 2.33. The Kier molecular flexibility index (Phi) is 6.76. The molecule has 0 N–H and O–H groups in total. The Morgan fingerprint density at radius 1 is 1.36 bits per heavy atom. The third-order valence-electron chi connectivity index (χ3n) is 3.74. The maximum absolute atomic E-state index is 12.7. The molecule has 0 aliphatic heterocycles. The highest BCUT2D eigenvalue weighted by Gasteiger charge is 2.38. The SMILES string of the molecule is CCOC(=O)c1nn(CC)c(-c2cnc(OC(C)C(F)(F)F)cc2OC)c1Cl. The van der Waals surface area contributed by atoms with Crippen LogP contribution < -0.4 is 9.47 Å². The summed E-state index contributed by atoms with van der Waals surface area (Å²) >= 11 is 6.34. The van der Waals surface area contributed by atoms with E-state index in [-0.39, 0.29) is 29.0 Å². The van der Waals surface area contributed by atoms with Crippen LogP contribution in [0.5, 0.6) is 11.6 Å². The Labute approximate surface area is 164 Å². The quantitative estimate of drug-likeness (QED) is 0.626. The number of ether oxygens (including phenoxy) is 3. The molecule has 0 aliphatic rings. The number of rotatable bonds is 7. The first-order valence-electron chi connectivity index (χ1n) is 8.35. The summed E-state index contributed by atoms with van der Waals surface area (Å²) in [6, 6.07) is 1.21. The molecule has 0 bridgehead atoms. The topological polar surface area (TPSA) is 75.5 Å². The molecule has 0 amide bonds. The lowest BCUT2D eigenvalue weighted by molar-refractivity contribution is -0.190. The molecular weight excluding hydrogens is 403 g/mol. The van der Waals surface area contributed by atoms with E-state index in [0.29, 0.717) is 17.8 Å². The van der Waals surface area contributed by atoms with Crippen molar-refractivity contribution in [3.05, 3.63) is 23.0 Å². The Morgan fingerprint density at radius 2 is 2.04 bits per heavy atom. The summed E-state index contributed by atoms with van der Waals surface area (Å²) in [5.74, 6) is -0.798. The molecule has 0 radical (unpaired) electrons. The number of alkyl halides is 3. The fourth-order valence-corrected chi connectivity index (χ4v) is 2.65. The van der Waals surface area contributed by atoms with Gasteiger partial charge in [-0.2, -0.15) is 18.3 Å². The molecule has 2 aromatic rings. The molecule has 0 spiro atoms. The maximum Gasteiger partial charge on any atom is 0.425 e. The van der Waals surface area contributed by atoms with Gasteiger partial charge in [0.2, 0.25) is 5.88 Å². The predicted molar refractivity (Wildman–Crippen MR) is 94.8 cm³/mol. The number of halogens is 4. The number of hydrogen-bond acceptors (Lipinski definition) is 6. The maximum atomic E-state index is 12.7. The largest absolute Gasteiger partial charge is 0.496 e. The zero-order valence-electron chi connectivity index (χ0n) is 15.6. The summed E-state index contributed by atoms with van der Waals surface area (Å²) in [6.07, 6.45) is -5.33. The van der Waals surface area contributed by atoms with Gasteiger partial charge in [-0.1, -0.05) is 11.6 Å². The van der Waals surface area contributed by atoms with Crippen molar-refractivity contribution in [3.63, 3.8) is 0 Å². The number of nitrogens with zero attached hydrogens (tertiary/aromatic N) is 3. The summed E-state index contributed by atoms with van der Waals surface area (Å²) in [5, 5.41) is 4.17. The molecule has 28 heavy (non-hydrogen) atoms. The van der Waals surface area contributed by atoms with Crippen LogP contribution in [0.25, 0.3) is 11.3 Å². The van der Waals surface area contributed by atoms with Gasteiger partial charge in [0.05, 0.1) is 25.0 Å². The molecule has 7 nitrogen and oxygen atoms in total. The van der Waals surface area contributed by atoms with E-state index < -0.39 is 18.2 Å². The van der Waals surface area contributed by atoms with E-state index in [0.717, 1.165) is 6.92 Å². The van der Waals surface area contributed by atoms with Crippen LogP contribution in [-0.2, 0) is 11.3 Å². The van der Waals surface area contributed by atoms with Gasteiger partial charge in [0, 0.05) is 18.8 Å². The molecule has 1 unspecified atom stereocenters. The normalized spacial score (nSPS) is 12.6. The predicted octanol–water partition coefficient (Wildman–Crippen LogP) is 4.13. The van der Waals surface area contributed by atoms with Crippen LogP contribution in [0.2, 0.25) is 5.02 Å². The number of methoxy groups -OCH3 is 1. The minimum absolute atomic E-state index is 0.0257. The second-order valence-electron chi connectivity index (χ2n) is 5.57. The number of carbonyl (C=O) groups excluding carboxylic acids is 1. The first-order valence-corrected chi connectivity index (χ1v) is 8.72. The summed E-state index contributed by atoms with van der Waals surface area (Å²) in [7, 11) is 1.34. The van der Waals surface area contributed by atoms with Crippen LogP contribution in [0.3, 0.4) is 0 Å². The van der Waals surface area contributed by atoms with Crippen molar-refractivity contribution < 1.29 is 32.2 Å². The molecule has 2 aromatic heterocycles. The van der Waals surface area contributed by atoms with Gasteiger partial charge in [-0.3, -0.25) is 4.68 Å². The standard InChI is InChI=1S/C17H19ClF3N3O4/c1-5-24-15(13(18)14(23-24)16(25)27-6-2)10-8-22-12(7-11(10)26-4)28-9(3)17(19,20)21/h7-9H,5-6H2,1-4H3. The van der Waals surface area contributed by atoms with Gasteiger partial charge in [-0.25, -0.2) is 9.78 Å². The average Bonchev–Trinajstić information content (AvgIpc) is 2.97. The number of carbonyl (C=O) groups is 1. The van der Waals surface area contributed by atoms with Gasteiger partial charge >= 0.3 is 12.1 Å². The Morgan fingerprint density at radius 3 is 2.57 bits per heavy atom. The van der Waals surface area contributed by atoms with E-state index in [1.807, 2.05) is 0 Å². The van der Waals surface area contributed by atoms with Gasteiger partial charge in [0.25, 0.3) is 0 Å². The van der Waals surface area contributed by atoms with Crippen molar-refractivity contribution in [3.8, 4) is 22.9 Å². The van der Waals surface area contributed by atoms with Crippen LogP contribution in [-0.4, -0.2) is 46.7 Å². The van der Waals surface area contributed by atoms with Gasteiger partial charge in [-0.05, 0) is 20.8 Å². The highest BCUT2D eigenvalue weighted by molar-refractivity contribution is 6.35. The molecular formula is C17H19ClF3N3O4. The Hall–Kier alpha value is -2.49. The lowest BCUT2D eigenvalue weighted by atomic mass is 10.1. The van der Waals surface area contributed by atoms with Gasteiger partial charge < -0.3 is 14.2 Å². The van der Waals surface area contributed by atoms with Crippen LogP contribution in [0, 0.1) is 0 Å². The first-order chi connectivity index (χ1) is 13.1. The lowest BCUT2D eigenvalue weighted by Crippen LogP contribution is -2.31. The van der Waals surface area contributed by atoms with Crippen LogP contribution in [0.1, 0.15) is 31.3 Å². The Bertz CT molecular complexity index is 855. The number of aryl methyl sites for hydroxylation is 1. The molecule has 0 saturated heterocycles. The summed E-state index contributed by atoms with van der Waals surface area (Å²) < 4.78 is 54.6. The van der Waals surface area contributed by atoms with E-state index in [9.17, 15) is 18.0 Å². The van der Waals surface area contributed by atoms with Gasteiger partial charge in [0.15, 0.2) is 11.8 Å². The molecule has 154 valence electrons. The van der Waals surface area contributed by atoms with Gasteiger partial charge in [0.1, 0.15) is 10.8 Å². The van der Waals surface area contributed by atoms with Crippen LogP contribution in [0.15, 0.2) is 12.3 Å². The van der Waals surface area contributed by atoms with Crippen molar-refractivity contribution in [2.75, 3.05) is 13.7 Å². The summed E-state index contributed by atoms with van der Waals surface area (Å²) in [5.41, 5.74) is 0.588. The van der Waals surface area contributed by atoms with Crippen molar-refractivity contribution in [2.24, 2.45) is 0 Å². The smallest absolute Gasteiger partial charge is 0.425 e. The molecule has 0 saturated carbocycles. The highest BCUT2D eigenvalue weighted by Crippen LogP contribution is 2.38. The lowest BCUT2D eigenvalue weighted by Gasteiger charge is -2.18. The molecule has 11 heteroatoms. The van der Waals surface area contributed by atoms with Crippen LogP contribution >= 0.6 is 11.6 Å². The number of pyridine rings is 1. The van der Waals surface area contributed by atoms with E-state index in [2.05, 4.69) is 10.1 Å². The van der Waals surface area contributed by atoms with E-state index in [1.165, 1.54) is 24.1 Å². The number of aromatic nitrogens is 3. The number of esters is 1. The first kappa shape index (κ1) is 21.8. The monoisotopic (exact) mass is 421 g/mol. The molecule has 0 fully saturated rings. The van der Waals surface area contributed by atoms with E-state index in [1.54, 1.807) is 13.8 Å². The molecule has 0 aliphatic carbocycles. The van der Waals surface area contributed by atoms with E-state index >= 15 is 0 Å². The zero-order valence-corrected chi connectivity index (χ0v) is 16.4. The third kappa shape index (κ3) is 4.49. The van der Waals surface area contributed by atoms with E-state index in [4.69, 9.17) is 25.8 Å². The van der Waals surface area contributed by atoms with Gasteiger partial charge in [-0.15, -0.1) is 0 Å². The molecule has 0 aromatic carbocycles. The fraction of sp³-hybridized carbons (Fsp3) is 0.471. The second-order valence-corrected chi connectivity index (χ2v) is 5.95. The van der Waals surface area contributed by atoms with Crippen LogP contribution in [0.4, 0.5) is 13.2 Å². The zero-order chi connectivity index (χ0) is 21.1. The van der Waals surface area contributed by atoms with Crippen molar-refractivity contribution in [1.82, 2.24) is 14.8 Å². The highest BCUT2D eigenvalue weighted by atomic mass is 35.5. The Balaban J connectivity index is 2.49.